The molecule has 238 valence electrons. The van der Waals surface area contributed by atoms with Gasteiger partial charge in [0.05, 0.1) is 19.6 Å². The Balaban J connectivity index is 0. The first kappa shape index (κ1) is 41.5. The van der Waals surface area contributed by atoms with Crippen molar-refractivity contribution in [3.63, 3.8) is 0 Å². The Morgan fingerprint density at radius 3 is 0.974 bits per heavy atom. The molecule has 39 heavy (non-hydrogen) atoms. The topological polar surface area (TPSA) is 27.7 Å². The van der Waals surface area contributed by atoms with Crippen molar-refractivity contribution in [3.05, 3.63) is 0 Å². The van der Waals surface area contributed by atoms with Gasteiger partial charge in [0.15, 0.2) is 5.67 Å². The molecule has 0 rings (SSSR count). The normalized spacial score (nSPS) is 13.0. The highest BCUT2D eigenvalue weighted by molar-refractivity contribution is 6.62. The van der Waals surface area contributed by atoms with E-state index in [0.29, 0.717) is 25.5 Å². The summed E-state index contributed by atoms with van der Waals surface area (Å²) in [4.78, 5) is 0. The third-order valence-corrected chi connectivity index (χ3v) is 12.2. The van der Waals surface area contributed by atoms with Crippen LogP contribution in [0.4, 0.5) is 0 Å². The lowest BCUT2D eigenvalue weighted by molar-refractivity contribution is -0.944. The molecule has 0 aromatic heterocycles. The van der Waals surface area contributed by atoms with Gasteiger partial charge in [0.25, 0.3) is 0 Å². The zero-order valence-electron chi connectivity index (χ0n) is 27.8. The summed E-state index contributed by atoms with van der Waals surface area (Å²) in [6.45, 7) is 21.5. The summed E-state index contributed by atoms with van der Waals surface area (Å²) in [6, 6.07) is 0. The van der Waals surface area contributed by atoms with Gasteiger partial charge in [-0.25, -0.2) is 0 Å². The van der Waals surface area contributed by atoms with Crippen LogP contribution >= 0.6 is 0 Å². The smallest absolute Gasteiger partial charge is 0.562 e. The molecule has 0 heterocycles. The van der Waals surface area contributed by atoms with Crippen LogP contribution in [-0.4, -0.2) is 58.4 Å². The first-order chi connectivity index (χ1) is 18.6. The second-order valence-electron chi connectivity index (χ2n) is 11.5. The van der Waals surface area contributed by atoms with E-state index in [1.165, 1.54) is 135 Å². The Morgan fingerprint density at radius 1 is 0.436 bits per heavy atom. The Kier molecular flexibility index (Phi) is 30.3. The highest BCUT2D eigenvalue weighted by Crippen LogP contribution is 2.32. The summed E-state index contributed by atoms with van der Waals surface area (Å²) < 4.78 is 21.0. The molecule has 1 unspecified atom stereocenters. The number of nitrogens with zero attached hydrogens (tertiary/aromatic N) is 1. The number of quaternary nitrogens is 1. The second-order valence-corrected chi connectivity index (χ2v) is 14.3. The molecule has 0 saturated carbocycles. The van der Waals surface area contributed by atoms with Crippen molar-refractivity contribution in [1.29, 1.82) is 0 Å². The second kappa shape index (κ2) is 28.5. The van der Waals surface area contributed by atoms with E-state index in [-0.39, 0.29) is 12.4 Å². The molecule has 0 aliphatic heterocycles. The molecule has 6 heteroatoms. The maximum atomic E-state index is 6.63. The zero-order valence-corrected chi connectivity index (χ0v) is 29.6. The molecule has 0 fully saturated rings. The van der Waals surface area contributed by atoms with Crippen LogP contribution in [-0.2, 0) is 13.3 Å². The predicted octanol–water partition coefficient (Wildman–Crippen LogP) is 7.25. The molecule has 1 atom stereocenters. The number of hydrogen-bond acceptors (Lipinski definition) is 3. The van der Waals surface area contributed by atoms with E-state index in [0.717, 1.165) is 10.9 Å². The average molecular weight is 594 g/mol. The summed E-state index contributed by atoms with van der Waals surface area (Å²) in [6.07, 6.45) is 25.5. The van der Waals surface area contributed by atoms with Gasteiger partial charge < -0.3 is 30.2 Å². The lowest BCUT2D eigenvalue weighted by atomic mass is 10.1. The molecule has 0 aliphatic rings. The highest BCUT2D eigenvalue weighted by atomic mass is 35.5. The minimum absolute atomic E-state index is 0. The van der Waals surface area contributed by atoms with Gasteiger partial charge in [0, 0.05) is 26.2 Å². The standard InChI is InChI=1S/C33H72NO3Si.ClH/c1-8-15-18-21-24-27-30-34(31-28-25-22-19-16-9-2,32-29-26-23-20-17-10-3)33(11-4)38(35-12-5,36-13-6)37-14-7;/h33H,8-32H2,1-7H3;1H/q+1;/p-1. The molecule has 4 nitrogen and oxygen atoms in total. The van der Waals surface area contributed by atoms with Crippen LogP contribution in [0.25, 0.3) is 0 Å². The van der Waals surface area contributed by atoms with Crippen molar-refractivity contribution in [2.75, 3.05) is 39.5 Å². The van der Waals surface area contributed by atoms with Crippen LogP contribution in [0.5, 0.6) is 0 Å². The summed E-state index contributed by atoms with van der Waals surface area (Å²) in [5.74, 6) is 0. The van der Waals surface area contributed by atoms with Gasteiger partial charge >= 0.3 is 8.80 Å². The van der Waals surface area contributed by atoms with Gasteiger partial charge in [0.1, 0.15) is 0 Å². The van der Waals surface area contributed by atoms with Crippen LogP contribution in [0.3, 0.4) is 0 Å². The lowest BCUT2D eigenvalue weighted by Gasteiger charge is -2.49. The van der Waals surface area contributed by atoms with Crippen molar-refractivity contribution in [1.82, 2.24) is 0 Å². The zero-order chi connectivity index (χ0) is 28.4. The van der Waals surface area contributed by atoms with Crippen LogP contribution in [0.1, 0.15) is 170 Å². The van der Waals surface area contributed by atoms with E-state index in [2.05, 4.69) is 48.5 Å². The van der Waals surface area contributed by atoms with Crippen LogP contribution in [0, 0.1) is 0 Å². The number of unbranched alkanes of at least 4 members (excludes halogenated alkanes) is 15. The average Bonchev–Trinajstić information content (AvgIpc) is 2.91. The van der Waals surface area contributed by atoms with Crippen LogP contribution < -0.4 is 12.4 Å². The maximum absolute atomic E-state index is 6.63. The third-order valence-electron chi connectivity index (χ3n) is 8.36. The van der Waals surface area contributed by atoms with Crippen LogP contribution in [0.15, 0.2) is 0 Å². The molecule has 0 amide bonds. The van der Waals surface area contributed by atoms with E-state index in [4.69, 9.17) is 13.3 Å². The Bertz CT molecular complexity index is 440. The molecule has 0 aromatic carbocycles. The molecule has 0 aromatic rings. The largest absolute Gasteiger partial charge is 1.00 e. The van der Waals surface area contributed by atoms with Gasteiger partial charge in [-0.3, -0.25) is 0 Å². The first-order valence-corrected chi connectivity index (χ1v) is 19.1. The molecular weight excluding hydrogens is 522 g/mol. The fourth-order valence-electron chi connectivity index (χ4n) is 6.41. The van der Waals surface area contributed by atoms with Gasteiger partial charge in [0.2, 0.25) is 0 Å². The fourth-order valence-corrected chi connectivity index (χ4v) is 10.0. The minimum Gasteiger partial charge on any atom is -1.00 e. The first-order valence-electron chi connectivity index (χ1n) is 17.3. The van der Waals surface area contributed by atoms with Crippen molar-refractivity contribution in [3.8, 4) is 0 Å². The molecule has 0 spiro atoms. The summed E-state index contributed by atoms with van der Waals surface area (Å²) >= 11 is 0. The van der Waals surface area contributed by atoms with Gasteiger partial charge in [-0.05, 0) is 59.3 Å². The minimum atomic E-state index is -2.83. The van der Waals surface area contributed by atoms with E-state index >= 15 is 0 Å². The Morgan fingerprint density at radius 2 is 0.718 bits per heavy atom. The quantitative estimate of drug-likeness (QED) is 0.0498. The Labute approximate surface area is 254 Å². The molecule has 0 radical (unpaired) electrons. The number of rotatable bonds is 30. The molecule has 0 aliphatic carbocycles. The lowest BCUT2D eigenvalue weighted by Crippen LogP contribution is -3.00. The van der Waals surface area contributed by atoms with E-state index < -0.39 is 8.80 Å². The van der Waals surface area contributed by atoms with Crippen molar-refractivity contribution in [2.45, 2.75) is 176 Å². The van der Waals surface area contributed by atoms with E-state index in [1.54, 1.807) is 0 Å². The monoisotopic (exact) mass is 593 g/mol. The third kappa shape index (κ3) is 17.8. The Hall–Kier alpha value is 0.347. The fraction of sp³-hybridized carbons (Fsp3) is 1.00. The van der Waals surface area contributed by atoms with Crippen molar-refractivity contribution < 1.29 is 30.2 Å². The van der Waals surface area contributed by atoms with Crippen LogP contribution in [0.2, 0.25) is 0 Å². The van der Waals surface area contributed by atoms with Crippen molar-refractivity contribution >= 4 is 8.80 Å². The predicted molar refractivity (Wildman–Crippen MR) is 170 cm³/mol. The van der Waals surface area contributed by atoms with Gasteiger partial charge in [-0.15, -0.1) is 0 Å². The van der Waals surface area contributed by atoms with E-state index in [9.17, 15) is 0 Å². The summed E-state index contributed by atoms with van der Waals surface area (Å²) in [7, 11) is -2.83. The SMILES string of the molecule is CCCCCCCC[N+](CCCCCCCC)(CCCCCCCC)C(CC)[Si](OCC)(OCC)OCC.[Cl-]. The molecular formula is C33H72ClNO3Si. The van der Waals surface area contributed by atoms with Crippen molar-refractivity contribution in [2.24, 2.45) is 0 Å². The van der Waals surface area contributed by atoms with Gasteiger partial charge in [-0.2, -0.15) is 0 Å². The molecule has 0 N–H and O–H groups in total. The number of hydrogen-bond donors (Lipinski definition) is 0. The summed E-state index contributed by atoms with van der Waals surface area (Å²) in [5, 5.41) is 0. The molecule has 0 saturated heterocycles. The van der Waals surface area contributed by atoms with E-state index in [1.807, 2.05) is 0 Å². The highest BCUT2D eigenvalue weighted by Gasteiger charge is 2.58. The number of halogens is 1. The maximum Gasteiger partial charge on any atom is 0.562 e. The molecule has 0 bridgehead atoms. The summed E-state index contributed by atoms with van der Waals surface area (Å²) in [5.41, 5.74) is 0.337. The van der Waals surface area contributed by atoms with Gasteiger partial charge in [-0.1, -0.05) is 105 Å².